The molecule has 0 spiro atoms. The van der Waals surface area contributed by atoms with E-state index < -0.39 is 0 Å². The van der Waals surface area contributed by atoms with Crippen LogP contribution in [-0.2, 0) is 6.42 Å². The number of hydrogen-bond acceptors (Lipinski definition) is 3. The molecule has 3 rings (SSSR count). The minimum absolute atomic E-state index is 0.312. The van der Waals surface area contributed by atoms with Crippen LogP contribution in [0.1, 0.15) is 5.82 Å². The first kappa shape index (κ1) is 15.8. The van der Waals surface area contributed by atoms with Gasteiger partial charge in [0.25, 0.3) is 0 Å². The van der Waals surface area contributed by atoms with Crippen LogP contribution in [0.5, 0.6) is 5.75 Å². The van der Waals surface area contributed by atoms with E-state index in [2.05, 4.69) is 20.6 Å². The molecule has 124 valence electrons. The van der Waals surface area contributed by atoms with Crippen molar-refractivity contribution in [2.75, 3.05) is 19.0 Å². The van der Waals surface area contributed by atoms with E-state index in [9.17, 15) is 9.18 Å². The highest BCUT2D eigenvalue weighted by molar-refractivity contribution is 5.89. The van der Waals surface area contributed by atoms with Crippen LogP contribution in [0.3, 0.4) is 0 Å². The lowest BCUT2D eigenvalue weighted by Gasteiger charge is -2.08. The number of urea groups is 1. The van der Waals surface area contributed by atoms with Crippen LogP contribution in [0.15, 0.2) is 42.5 Å². The van der Waals surface area contributed by atoms with Gasteiger partial charge in [0.2, 0.25) is 0 Å². The van der Waals surface area contributed by atoms with Crippen molar-refractivity contribution < 1.29 is 13.9 Å². The molecule has 1 aromatic heterocycles. The zero-order valence-corrected chi connectivity index (χ0v) is 13.1. The monoisotopic (exact) mass is 328 g/mol. The molecular formula is C17H17FN4O2. The zero-order valence-electron chi connectivity index (χ0n) is 13.1. The topological polar surface area (TPSA) is 79.0 Å². The molecule has 0 unspecified atom stereocenters. The van der Waals surface area contributed by atoms with Gasteiger partial charge < -0.3 is 20.4 Å². The molecule has 3 N–H and O–H groups in total. The number of ether oxygens (including phenoxy) is 1. The summed E-state index contributed by atoms with van der Waals surface area (Å²) >= 11 is 0. The Morgan fingerprint density at radius 1 is 1.29 bits per heavy atom. The summed E-state index contributed by atoms with van der Waals surface area (Å²) in [4.78, 5) is 19.3. The minimum Gasteiger partial charge on any atom is -0.497 e. The second kappa shape index (κ2) is 6.99. The number of benzene rings is 2. The molecule has 0 aliphatic rings. The lowest BCUT2D eigenvalue weighted by molar-refractivity contribution is 0.252. The van der Waals surface area contributed by atoms with Gasteiger partial charge in [-0.25, -0.2) is 14.2 Å². The highest BCUT2D eigenvalue weighted by Crippen LogP contribution is 2.16. The molecule has 0 fully saturated rings. The average molecular weight is 328 g/mol. The fraction of sp³-hybridized carbons (Fsp3) is 0.176. The van der Waals surface area contributed by atoms with Crippen LogP contribution >= 0.6 is 0 Å². The van der Waals surface area contributed by atoms with Crippen molar-refractivity contribution in [1.82, 2.24) is 15.3 Å². The van der Waals surface area contributed by atoms with E-state index in [1.807, 2.05) is 0 Å². The number of anilines is 1. The Balaban J connectivity index is 1.52. The van der Waals surface area contributed by atoms with E-state index in [1.54, 1.807) is 37.4 Å². The quantitative estimate of drug-likeness (QED) is 0.673. The van der Waals surface area contributed by atoms with E-state index in [1.165, 1.54) is 12.1 Å². The summed E-state index contributed by atoms with van der Waals surface area (Å²) in [7, 11) is 1.57. The maximum Gasteiger partial charge on any atom is 0.319 e. The van der Waals surface area contributed by atoms with Crippen molar-refractivity contribution in [1.29, 1.82) is 0 Å². The average Bonchev–Trinajstić information content (AvgIpc) is 2.96. The number of methoxy groups -OCH3 is 1. The Labute approximate surface area is 138 Å². The minimum atomic E-state index is -0.314. The first-order valence-corrected chi connectivity index (χ1v) is 7.47. The Kier molecular flexibility index (Phi) is 4.60. The van der Waals surface area contributed by atoms with E-state index in [4.69, 9.17) is 4.74 Å². The summed E-state index contributed by atoms with van der Waals surface area (Å²) < 4.78 is 18.2. The predicted molar refractivity (Wildman–Crippen MR) is 89.8 cm³/mol. The Morgan fingerprint density at radius 2 is 2.17 bits per heavy atom. The summed E-state index contributed by atoms with van der Waals surface area (Å²) in [5.74, 6) is 1.05. The zero-order chi connectivity index (χ0) is 16.9. The van der Waals surface area contributed by atoms with E-state index in [-0.39, 0.29) is 11.8 Å². The fourth-order valence-electron chi connectivity index (χ4n) is 2.32. The number of imidazole rings is 1. The van der Waals surface area contributed by atoms with Gasteiger partial charge in [0.05, 0.1) is 18.1 Å². The first-order chi connectivity index (χ1) is 11.6. The Hall–Kier alpha value is -3.09. The molecule has 0 saturated heterocycles. The molecule has 7 heteroatoms. The van der Waals surface area contributed by atoms with Crippen LogP contribution in [0.2, 0.25) is 0 Å². The number of H-pyrrole nitrogens is 1. The number of rotatable bonds is 5. The van der Waals surface area contributed by atoms with Crippen molar-refractivity contribution in [3.05, 3.63) is 54.1 Å². The number of carbonyl (C=O) groups is 1. The third kappa shape index (κ3) is 3.81. The van der Waals surface area contributed by atoms with Crippen molar-refractivity contribution in [2.45, 2.75) is 6.42 Å². The number of halogens is 1. The Morgan fingerprint density at radius 3 is 3.00 bits per heavy atom. The normalized spacial score (nSPS) is 10.6. The lowest BCUT2D eigenvalue weighted by atomic mass is 10.3. The van der Waals surface area contributed by atoms with Crippen molar-refractivity contribution in [2.24, 2.45) is 0 Å². The van der Waals surface area contributed by atoms with Gasteiger partial charge in [-0.05, 0) is 30.3 Å². The summed E-state index contributed by atoms with van der Waals surface area (Å²) in [5, 5.41) is 5.47. The van der Waals surface area contributed by atoms with Crippen LogP contribution in [0.25, 0.3) is 11.0 Å². The number of carbonyl (C=O) groups excluding carboxylic acids is 1. The van der Waals surface area contributed by atoms with Gasteiger partial charge in [0.1, 0.15) is 17.4 Å². The highest BCUT2D eigenvalue weighted by atomic mass is 19.1. The second-order valence-corrected chi connectivity index (χ2v) is 5.21. The number of hydrogen-bond donors (Lipinski definition) is 3. The molecule has 3 aromatic rings. The summed E-state index contributed by atoms with van der Waals surface area (Å²) in [6.07, 6.45) is 0.516. The highest BCUT2D eigenvalue weighted by Gasteiger charge is 2.06. The Bertz CT molecular complexity index is 863. The molecule has 0 aliphatic heterocycles. The standard InChI is InChI=1S/C17H17FN4O2/c1-24-13-4-2-3-12(10-13)20-17(23)19-8-7-16-21-14-6-5-11(18)9-15(14)22-16/h2-6,9-10H,7-8H2,1H3,(H,21,22)(H2,19,20,23). The van der Waals surface area contributed by atoms with Crippen molar-refractivity contribution in [3.63, 3.8) is 0 Å². The smallest absolute Gasteiger partial charge is 0.319 e. The van der Waals surface area contributed by atoms with Crippen LogP contribution in [0.4, 0.5) is 14.9 Å². The van der Waals surface area contributed by atoms with Gasteiger partial charge >= 0.3 is 6.03 Å². The van der Waals surface area contributed by atoms with Gasteiger partial charge in [0.15, 0.2) is 0 Å². The molecule has 0 aliphatic carbocycles. The largest absolute Gasteiger partial charge is 0.497 e. The van der Waals surface area contributed by atoms with Crippen LogP contribution in [0, 0.1) is 5.82 Å². The molecule has 24 heavy (non-hydrogen) atoms. The summed E-state index contributed by atoms with van der Waals surface area (Å²) in [5.41, 5.74) is 1.99. The van der Waals surface area contributed by atoms with E-state index in [0.29, 0.717) is 41.3 Å². The van der Waals surface area contributed by atoms with Crippen LogP contribution < -0.4 is 15.4 Å². The molecule has 2 amide bonds. The number of nitrogens with zero attached hydrogens (tertiary/aromatic N) is 1. The van der Waals surface area contributed by atoms with Gasteiger partial charge in [0, 0.05) is 24.7 Å². The molecule has 0 bridgehead atoms. The third-order valence-corrected chi connectivity index (χ3v) is 3.47. The van der Waals surface area contributed by atoms with E-state index >= 15 is 0 Å². The molecule has 0 saturated carbocycles. The van der Waals surface area contributed by atoms with Crippen molar-refractivity contribution in [3.8, 4) is 5.75 Å². The summed E-state index contributed by atoms with van der Waals surface area (Å²) in [6, 6.07) is 11.2. The molecule has 0 atom stereocenters. The van der Waals surface area contributed by atoms with E-state index in [0.717, 1.165) is 0 Å². The van der Waals surface area contributed by atoms with Gasteiger partial charge in [-0.1, -0.05) is 6.07 Å². The van der Waals surface area contributed by atoms with Crippen molar-refractivity contribution >= 4 is 22.8 Å². The van der Waals surface area contributed by atoms with Gasteiger partial charge in [-0.2, -0.15) is 0 Å². The summed E-state index contributed by atoms with van der Waals surface area (Å²) in [6.45, 7) is 0.401. The number of aromatic nitrogens is 2. The lowest BCUT2D eigenvalue weighted by Crippen LogP contribution is -2.30. The number of aromatic amines is 1. The first-order valence-electron chi connectivity index (χ1n) is 7.47. The number of amides is 2. The maximum absolute atomic E-state index is 13.1. The molecular weight excluding hydrogens is 311 g/mol. The fourth-order valence-corrected chi connectivity index (χ4v) is 2.32. The molecule has 1 heterocycles. The van der Waals surface area contributed by atoms with Gasteiger partial charge in [-0.15, -0.1) is 0 Å². The number of nitrogens with one attached hydrogen (secondary N) is 3. The number of fused-ring (bicyclic) bond motifs is 1. The SMILES string of the molecule is COc1cccc(NC(=O)NCCc2nc3ccc(F)cc3[nH]2)c1. The third-order valence-electron chi connectivity index (χ3n) is 3.47. The van der Waals surface area contributed by atoms with Crippen LogP contribution in [-0.4, -0.2) is 29.7 Å². The molecule has 2 aromatic carbocycles. The molecule has 0 radical (unpaired) electrons. The maximum atomic E-state index is 13.1. The molecule has 6 nitrogen and oxygen atoms in total. The van der Waals surface area contributed by atoms with Gasteiger partial charge in [-0.3, -0.25) is 0 Å². The second-order valence-electron chi connectivity index (χ2n) is 5.21. The predicted octanol–water partition coefficient (Wildman–Crippen LogP) is 3.07.